The number of hydrogen-bond acceptors (Lipinski definition) is 2. The summed E-state index contributed by atoms with van der Waals surface area (Å²) in [6, 6.07) is 16.3. The largest absolute Gasteiger partial charge is 0.385 e. The molecule has 1 unspecified atom stereocenters. The Morgan fingerprint density at radius 3 is 3.00 bits per heavy atom. The molecule has 1 aliphatic heterocycles. The van der Waals surface area contributed by atoms with Crippen molar-refractivity contribution in [2.24, 2.45) is 5.92 Å². The summed E-state index contributed by atoms with van der Waals surface area (Å²) in [6.45, 7) is 2.45. The molecule has 1 fully saturated rings. The molecule has 1 atom stereocenters. The molecule has 0 spiro atoms. The van der Waals surface area contributed by atoms with Gasteiger partial charge in [-0.1, -0.05) is 24.3 Å². The van der Waals surface area contributed by atoms with Gasteiger partial charge in [0.1, 0.15) is 0 Å². The van der Waals surface area contributed by atoms with E-state index in [1.165, 1.54) is 11.8 Å². The second kappa shape index (κ2) is 7.97. The lowest BCUT2D eigenvalue weighted by Gasteiger charge is -2.33. The molecule has 0 radical (unpaired) electrons. The van der Waals surface area contributed by atoms with E-state index >= 15 is 0 Å². The molecule has 3 aromatic rings. The maximum absolute atomic E-state index is 13.1. The van der Waals surface area contributed by atoms with Gasteiger partial charge in [0, 0.05) is 49.5 Å². The Kier molecular flexibility index (Phi) is 5.26. The summed E-state index contributed by atoms with van der Waals surface area (Å²) in [5.74, 6) is 0.680. The average molecular weight is 362 g/mol. The third-order valence-electron chi connectivity index (χ3n) is 5.55. The smallest absolute Gasteiger partial charge is 0.253 e. The second-order valence-electron chi connectivity index (χ2n) is 7.37. The van der Waals surface area contributed by atoms with E-state index in [9.17, 15) is 4.79 Å². The van der Waals surface area contributed by atoms with E-state index in [2.05, 4.69) is 29.2 Å². The summed E-state index contributed by atoms with van der Waals surface area (Å²) >= 11 is 0. The number of likely N-dealkylation sites (tertiary alicyclic amines) is 1. The van der Waals surface area contributed by atoms with Crippen LogP contribution in [-0.2, 0) is 4.74 Å². The maximum Gasteiger partial charge on any atom is 0.253 e. The fourth-order valence-electron chi connectivity index (χ4n) is 4.11. The fourth-order valence-corrected chi connectivity index (χ4v) is 4.11. The van der Waals surface area contributed by atoms with E-state index in [1.807, 2.05) is 35.4 Å². The van der Waals surface area contributed by atoms with Gasteiger partial charge in [-0.2, -0.15) is 0 Å². The molecule has 0 saturated carbocycles. The molecule has 1 aromatic heterocycles. The predicted molar refractivity (Wildman–Crippen MR) is 109 cm³/mol. The molecule has 0 bridgehead atoms. The zero-order chi connectivity index (χ0) is 18.6. The minimum atomic E-state index is 0.139. The molecule has 140 valence electrons. The molecule has 1 N–H and O–H groups in total. The zero-order valence-electron chi connectivity index (χ0n) is 15.8. The molecule has 1 saturated heterocycles. The number of carbonyl (C=O) groups excluding carboxylic acids is 1. The number of amides is 1. The van der Waals surface area contributed by atoms with Crippen molar-refractivity contribution in [3.8, 4) is 11.1 Å². The van der Waals surface area contributed by atoms with E-state index in [4.69, 9.17) is 4.74 Å². The van der Waals surface area contributed by atoms with Crippen molar-refractivity contribution >= 4 is 16.8 Å². The molecule has 1 aliphatic rings. The molecule has 4 heteroatoms. The third kappa shape index (κ3) is 3.76. The lowest BCUT2D eigenvalue weighted by molar-refractivity contribution is 0.0642. The fraction of sp³-hybridized carbons (Fsp3) is 0.348. The lowest BCUT2D eigenvalue weighted by Crippen LogP contribution is -2.40. The van der Waals surface area contributed by atoms with Crippen molar-refractivity contribution in [1.82, 2.24) is 9.88 Å². The van der Waals surface area contributed by atoms with Crippen LogP contribution in [0.5, 0.6) is 0 Å². The number of fused-ring (bicyclic) bond motifs is 1. The Morgan fingerprint density at radius 2 is 2.11 bits per heavy atom. The third-order valence-corrected chi connectivity index (χ3v) is 5.55. The van der Waals surface area contributed by atoms with Crippen molar-refractivity contribution in [2.45, 2.75) is 19.3 Å². The number of nitrogens with one attached hydrogen (secondary N) is 1. The van der Waals surface area contributed by atoms with Gasteiger partial charge in [0.15, 0.2) is 0 Å². The number of methoxy groups -OCH3 is 1. The minimum Gasteiger partial charge on any atom is -0.385 e. The first-order valence-electron chi connectivity index (χ1n) is 9.71. The van der Waals surface area contributed by atoms with Gasteiger partial charge in [-0.3, -0.25) is 4.79 Å². The van der Waals surface area contributed by atoms with Crippen LogP contribution >= 0.6 is 0 Å². The topological polar surface area (TPSA) is 45.3 Å². The second-order valence-corrected chi connectivity index (χ2v) is 7.37. The van der Waals surface area contributed by atoms with Crippen LogP contribution in [0.25, 0.3) is 22.0 Å². The monoisotopic (exact) mass is 362 g/mol. The molecule has 4 rings (SSSR count). The van der Waals surface area contributed by atoms with Crippen LogP contribution in [-0.4, -0.2) is 42.6 Å². The molecule has 2 aromatic carbocycles. The number of H-pyrrole nitrogens is 1. The minimum absolute atomic E-state index is 0.139. The quantitative estimate of drug-likeness (QED) is 0.713. The SMILES string of the molecule is COCCC1CCCN(C(=O)c2cccc(-c3cccc4[nH]ccc34)c2)C1. The van der Waals surface area contributed by atoms with Gasteiger partial charge < -0.3 is 14.6 Å². The molecular formula is C23H26N2O2. The highest BCUT2D eigenvalue weighted by Crippen LogP contribution is 2.29. The number of piperidine rings is 1. The molecular weight excluding hydrogens is 336 g/mol. The van der Waals surface area contributed by atoms with Gasteiger partial charge in [0.2, 0.25) is 0 Å². The first-order valence-corrected chi connectivity index (χ1v) is 9.71. The van der Waals surface area contributed by atoms with Crippen molar-refractivity contribution in [1.29, 1.82) is 0 Å². The lowest BCUT2D eigenvalue weighted by atomic mass is 9.94. The number of benzene rings is 2. The number of hydrogen-bond donors (Lipinski definition) is 1. The summed E-state index contributed by atoms with van der Waals surface area (Å²) in [5, 5.41) is 1.18. The number of rotatable bonds is 5. The molecule has 27 heavy (non-hydrogen) atoms. The van der Waals surface area contributed by atoms with Gasteiger partial charge in [0.25, 0.3) is 5.91 Å². The highest BCUT2D eigenvalue weighted by atomic mass is 16.5. The first kappa shape index (κ1) is 17.8. The number of carbonyl (C=O) groups is 1. The standard InChI is InChI=1S/C23H26N2O2/c1-27-14-11-17-5-4-13-25(16-17)23(26)19-7-2-6-18(15-19)20-8-3-9-22-21(20)10-12-24-22/h2-3,6-10,12,15,17,24H,4-5,11,13-14,16H2,1H3. The van der Waals surface area contributed by atoms with Crippen LogP contribution in [0.15, 0.2) is 54.7 Å². The van der Waals surface area contributed by atoms with Gasteiger partial charge in [-0.05, 0) is 60.6 Å². The van der Waals surface area contributed by atoms with Crippen LogP contribution < -0.4 is 0 Å². The summed E-state index contributed by atoms with van der Waals surface area (Å²) in [7, 11) is 1.74. The maximum atomic E-state index is 13.1. The van der Waals surface area contributed by atoms with Crippen molar-refractivity contribution in [2.75, 3.05) is 26.8 Å². The van der Waals surface area contributed by atoms with Crippen molar-refractivity contribution in [3.05, 3.63) is 60.3 Å². The highest BCUT2D eigenvalue weighted by Gasteiger charge is 2.24. The van der Waals surface area contributed by atoms with Crippen LogP contribution in [0.3, 0.4) is 0 Å². The van der Waals surface area contributed by atoms with Gasteiger partial charge in [-0.15, -0.1) is 0 Å². The van der Waals surface area contributed by atoms with E-state index in [0.717, 1.165) is 54.7 Å². The summed E-state index contributed by atoms with van der Waals surface area (Å²) < 4.78 is 5.21. The predicted octanol–water partition coefficient (Wildman–Crippen LogP) is 4.72. The van der Waals surface area contributed by atoms with Crippen molar-refractivity contribution in [3.63, 3.8) is 0 Å². The zero-order valence-corrected chi connectivity index (χ0v) is 15.8. The van der Waals surface area contributed by atoms with Crippen LogP contribution in [0.1, 0.15) is 29.6 Å². The molecule has 2 heterocycles. The number of aromatic nitrogens is 1. The van der Waals surface area contributed by atoms with E-state index in [0.29, 0.717) is 5.92 Å². The molecule has 0 aliphatic carbocycles. The Balaban J connectivity index is 1.57. The summed E-state index contributed by atoms with van der Waals surface area (Å²) in [4.78, 5) is 18.4. The Bertz CT molecular complexity index is 931. The van der Waals surface area contributed by atoms with Crippen LogP contribution in [0.4, 0.5) is 0 Å². The molecule has 1 amide bonds. The van der Waals surface area contributed by atoms with E-state index in [-0.39, 0.29) is 5.91 Å². The van der Waals surface area contributed by atoms with Crippen LogP contribution in [0.2, 0.25) is 0 Å². The van der Waals surface area contributed by atoms with Gasteiger partial charge in [-0.25, -0.2) is 0 Å². The Morgan fingerprint density at radius 1 is 1.22 bits per heavy atom. The Hall–Kier alpha value is -2.59. The van der Waals surface area contributed by atoms with Gasteiger partial charge >= 0.3 is 0 Å². The van der Waals surface area contributed by atoms with Crippen molar-refractivity contribution < 1.29 is 9.53 Å². The number of aromatic amines is 1. The highest BCUT2D eigenvalue weighted by molar-refractivity contribution is 5.99. The number of ether oxygens (including phenoxy) is 1. The average Bonchev–Trinajstić information content (AvgIpc) is 3.21. The molecule has 4 nitrogen and oxygen atoms in total. The Labute approximate surface area is 160 Å². The van der Waals surface area contributed by atoms with E-state index < -0.39 is 0 Å². The summed E-state index contributed by atoms with van der Waals surface area (Å²) in [5.41, 5.74) is 4.12. The number of nitrogens with zero attached hydrogens (tertiary/aromatic N) is 1. The normalized spacial score (nSPS) is 17.4. The van der Waals surface area contributed by atoms with E-state index in [1.54, 1.807) is 7.11 Å². The summed E-state index contributed by atoms with van der Waals surface area (Å²) in [6.07, 6.45) is 5.23. The van der Waals surface area contributed by atoms with Crippen LogP contribution in [0, 0.1) is 5.92 Å². The first-order chi connectivity index (χ1) is 13.3. The van der Waals surface area contributed by atoms with Gasteiger partial charge in [0.05, 0.1) is 0 Å².